The number of sulfonamides is 1. The van der Waals surface area contributed by atoms with E-state index in [-0.39, 0.29) is 24.0 Å². The largest absolute Gasteiger partial charge is 0.454 e. The number of carbonyl (C=O) groups is 1. The van der Waals surface area contributed by atoms with E-state index in [1.807, 2.05) is 49.6 Å². The number of carbonyl (C=O) groups excluding carboxylic acids is 1. The minimum absolute atomic E-state index is 0.0260. The first-order valence-electron chi connectivity index (χ1n) is 10.6. The summed E-state index contributed by atoms with van der Waals surface area (Å²) in [5.41, 5.74) is 4.16. The molecule has 1 aromatic heterocycles. The lowest BCUT2D eigenvalue weighted by Gasteiger charge is -2.20. The standard InChI is InChI=1S/C24H27N3O5S/c1-4-26(13-18-5-10-23-24(12-18)32-15-31-23)14-22(28)21-11-16(2)27(17(21)3)19-6-8-20(9-7-19)33(25,29)30/h5-12H,4,13-15H2,1-3H3,(H2,25,29,30). The van der Waals surface area contributed by atoms with Crippen LogP contribution in [0.25, 0.3) is 5.69 Å². The maximum atomic E-state index is 13.2. The number of ether oxygens (including phenoxy) is 2. The van der Waals surface area contributed by atoms with Crippen molar-refractivity contribution in [2.45, 2.75) is 32.2 Å². The summed E-state index contributed by atoms with van der Waals surface area (Å²) in [5, 5.41) is 5.19. The van der Waals surface area contributed by atoms with Crippen molar-refractivity contribution in [2.24, 2.45) is 5.14 Å². The molecular formula is C24H27N3O5S. The topological polar surface area (TPSA) is 104 Å². The molecule has 0 unspecified atom stereocenters. The number of Topliss-reactive ketones (excluding diaryl/α,β-unsaturated/α-hetero) is 1. The van der Waals surface area contributed by atoms with Crippen molar-refractivity contribution in [3.63, 3.8) is 0 Å². The SMILES string of the molecule is CCN(CC(=O)c1cc(C)n(-c2ccc(S(N)(=O)=O)cc2)c1C)Cc1ccc2c(c1)OCO2. The van der Waals surface area contributed by atoms with Crippen LogP contribution in [-0.4, -0.2) is 43.6 Å². The Morgan fingerprint density at radius 3 is 2.42 bits per heavy atom. The first-order chi connectivity index (χ1) is 15.7. The molecule has 174 valence electrons. The zero-order valence-electron chi connectivity index (χ0n) is 18.9. The average Bonchev–Trinajstić information content (AvgIpc) is 3.36. The molecular weight excluding hydrogens is 442 g/mol. The highest BCUT2D eigenvalue weighted by atomic mass is 32.2. The fraction of sp³-hybridized carbons (Fsp3) is 0.292. The highest BCUT2D eigenvalue weighted by Gasteiger charge is 2.20. The van der Waals surface area contributed by atoms with E-state index in [0.717, 1.165) is 34.1 Å². The third kappa shape index (κ3) is 4.80. The predicted molar refractivity (Wildman–Crippen MR) is 124 cm³/mol. The van der Waals surface area contributed by atoms with Gasteiger partial charge in [-0.05, 0) is 68.4 Å². The summed E-state index contributed by atoms with van der Waals surface area (Å²) in [7, 11) is -3.76. The van der Waals surface area contributed by atoms with E-state index in [4.69, 9.17) is 14.6 Å². The molecule has 3 aromatic rings. The van der Waals surface area contributed by atoms with Gasteiger partial charge >= 0.3 is 0 Å². The smallest absolute Gasteiger partial charge is 0.238 e. The number of aryl methyl sites for hydroxylation is 1. The van der Waals surface area contributed by atoms with E-state index in [0.29, 0.717) is 18.7 Å². The van der Waals surface area contributed by atoms with Crippen LogP contribution in [0.1, 0.15) is 34.2 Å². The summed E-state index contributed by atoms with van der Waals surface area (Å²) in [5.74, 6) is 1.49. The van der Waals surface area contributed by atoms with Crippen LogP contribution in [0, 0.1) is 13.8 Å². The Balaban J connectivity index is 1.52. The molecule has 4 rings (SSSR count). The van der Waals surface area contributed by atoms with Crippen molar-refractivity contribution in [3.05, 3.63) is 71.0 Å². The van der Waals surface area contributed by atoms with Gasteiger partial charge in [-0.2, -0.15) is 0 Å². The summed E-state index contributed by atoms with van der Waals surface area (Å²) in [6, 6.07) is 14.0. The number of likely N-dealkylation sites (N-methyl/N-ethyl adjacent to an activating group) is 1. The zero-order chi connectivity index (χ0) is 23.8. The van der Waals surface area contributed by atoms with Gasteiger partial charge in [0, 0.05) is 29.2 Å². The average molecular weight is 470 g/mol. The molecule has 9 heteroatoms. The van der Waals surface area contributed by atoms with E-state index >= 15 is 0 Å². The Morgan fingerprint density at radius 2 is 1.76 bits per heavy atom. The lowest BCUT2D eigenvalue weighted by atomic mass is 10.1. The first-order valence-corrected chi connectivity index (χ1v) is 12.2. The molecule has 0 spiro atoms. The number of rotatable bonds is 8. The van der Waals surface area contributed by atoms with Crippen molar-refractivity contribution >= 4 is 15.8 Å². The molecule has 0 fully saturated rings. The maximum Gasteiger partial charge on any atom is 0.238 e. The van der Waals surface area contributed by atoms with Crippen LogP contribution in [0.15, 0.2) is 53.4 Å². The minimum atomic E-state index is -3.76. The third-order valence-electron chi connectivity index (χ3n) is 5.81. The lowest BCUT2D eigenvalue weighted by molar-refractivity contribution is 0.0929. The van der Waals surface area contributed by atoms with Gasteiger partial charge in [0.05, 0.1) is 11.4 Å². The summed E-state index contributed by atoms with van der Waals surface area (Å²) in [6.45, 7) is 7.68. The van der Waals surface area contributed by atoms with E-state index in [2.05, 4.69) is 4.90 Å². The number of primary sulfonamides is 1. The van der Waals surface area contributed by atoms with Crippen LogP contribution < -0.4 is 14.6 Å². The summed E-state index contributed by atoms with van der Waals surface area (Å²) in [6.07, 6.45) is 0. The highest BCUT2D eigenvalue weighted by Crippen LogP contribution is 2.33. The van der Waals surface area contributed by atoms with Crippen molar-refractivity contribution in [2.75, 3.05) is 19.9 Å². The number of fused-ring (bicyclic) bond motifs is 1. The second-order valence-corrected chi connectivity index (χ2v) is 9.63. The molecule has 8 nitrogen and oxygen atoms in total. The molecule has 2 N–H and O–H groups in total. The van der Waals surface area contributed by atoms with Gasteiger partial charge < -0.3 is 14.0 Å². The molecule has 0 aliphatic carbocycles. The molecule has 0 saturated carbocycles. The van der Waals surface area contributed by atoms with Crippen molar-refractivity contribution in [3.8, 4) is 17.2 Å². The van der Waals surface area contributed by atoms with Gasteiger partial charge in [0.2, 0.25) is 16.8 Å². The van der Waals surface area contributed by atoms with Crippen LogP contribution in [0.5, 0.6) is 11.5 Å². The normalized spacial score (nSPS) is 13.0. The van der Waals surface area contributed by atoms with E-state index < -0.39 is 10.0 Å². The fourth-order valence-electron chi connectivity index (χ4n) is 4.09. The molecule has 0 amide bonds. The quantitative estimate of drug-likeness (QED) is 0.508. The molecule has 0 bridgehead atoms. The summed E-state index contributed by atoms with van der Waals surface area (Å²) >= 11 is 0. The van der Waals surface area contributed by atoms with Crippen LogP contribution >= 0.6 is 0 Å². The molecule has 1 aliphatic heterocycles. The molecule has 33 heavy (non-hydrogen) atoms. The predicted octanol–water partition coefficient (Wildman–Crippen LogP) is 3.18. The number of hydrogen-bond acceptors (Lipinski definition) is 6. The Hall–Kier alpha value is -3.14. The van der Waals surface area contributed by atoms with Gasteiger partial charge in [0.1, 0.15) is 0 Å². The van der Waals surface area contributed by atoms with Crippen molar-refractivity contribution in [1.82, 2.24) is 9.47 Å². The Bertz CT molecular complexity index is 1300. The number of aromatic nitrogens is 1. The second kappa shape index (κ2) is 9.01. The second-order valence-electron chi connectivity index (χ2n) is 8.07. The van der Waals surface area contributed by atoms with Gasteiger partial charge in [-0.15, -0.1) is 0 Å². The maximum absolute atomic E-state index is 13.2. The Kier molecular flexibility index (Phi) is 6.29. The monoisotopic (exact) mass is 469 g/mol. The van der Waals surface area contributed by atoms with Crippen LogP contribution in [0.2, 0.25) is 0 Å². The summed E-state index contributed by atoms with van der Waals surface area (Å²) < 4.78 is 35.8. The Morgan fingerprint density at radius 1 is 1.06 bits per heavy atom. The fourth-order valence-corrected chi connectivity index (χ4v) is 4.61. The van der Waals surface area contributed by atoms with Gasteiger partial charge in [0.25, 0.3) is 0 Å². The van der Waals surface area contributed by atoms with Gasteiger partial charge in [-0.1, -0.05) is 13.0 Å². The lowest BCUT2D eigenvalue weighted by Crippen LogP contribution is -2.29. The van der Waals surface area contributed by atoms with Crippen molar-refractivity contribution in [1.29, 1.82) is 0 Å². The molecule has 0 atom stereocenters. The first kappa shape index (κ1) is 23.0. The van der Waals surface area contributed by atoms with Gasteiger partial charge in [-0.3, -0.25) is 9.69 Å². The van der Waals surface area contributed by atoms with Crippen LogP contribution in [0.4, 0.5) is 0 Å². The number of nitrogens with zero attached hydrogens (tertiary/aromatic N) is 2. The number of hydrogen-bond donors (Lipinski definition) is 1. The Labute approximate surface area is 193 Å². The highest BCUT2D eigenvalue weighted by molar-refractivity contribution is 7.89. The number of nitrogens with two attached hydrogens (primary N) is 1. The number of benzene rings is 2. The number of ketones is 1. The van der Waals surface area contributed by atoms with Gasteiger partial charge in [-0.25, -0.2) is 13.6 Å². The van der Waals surface area contributed by atoms with Crippen LogP contribution in [0.3, 0.4) is 0 Å². The minimum Gasteiger partial charge on any atom is -0.454 e. The molecule has 2 heterocycles. The zero-order valence-corrected chi connectivity index (χ0v) is 19.7. The molecule has 0 radical (unpaired) electrons. The molecule has 0 saturated heterocycles. The van der Waals surface area contributed by atoms with E-state index in [1.165, 1.54) is 12.1 Å². The molecule has 2 aromatic carbocycles. The van der Waals surface area contributed by atoms with Crippen molar-refractivity contribution < 1.29 is 22.7 Å². The summed E-state index contributed by atoms with van der Waals surface area (Å²) in [4.78, 5) is 15.3. The van der Waals surface area contributed by atoms with Crippen LogP contribution in [-0.2, 0) is 16.6 Å². The molecule has 1 aliphatic rings. The van der Waals surface area contributed by atoms with E-state index in [1.54, 1.807) is 12.1 Å². The third-order valence-corrected chi connectivity index (χ3v) is 6.74. The van der Waals surface area contributed by atoms with Gasteiger partial charge in [0.15, 0.2) is 17.3 Å². The van der Waals surface area contributed by atoms with E-state index in [9.17, 15) is 13.2 Å².